The molecule has 0 atom stereocenters. The van der Waals surface area contributed by atoms with Crippen molar-refractivity contribution >= 4 is 45.7 Å². The molecule has 1 aromatic heterocycles. The van der Waals surface area contributed by atoms with E-state index in [0.717, 1.165) is 5.56 Å². The van der Waals surface area contributed by atoms with Crippen LogP contribution in [0, 0.1) is 16.0 Å². The second-order valence-electron chi connectivity index (χ2n) is 7.78. The largest absolute Gasteiger partial charge is 0.495 e. The van der Waals surface area contributed by atoms with Gasteiger partial charge in [0.25, 0.3) is 5.69 Å². The number of hydrogen-bond donors (Lipinski definition) is 2. The van der Waals surface area contributed by atoms with Crippen molar-refractivity contribution in [2.24, 2.45) is 5.92 Å². The van der Waals surface area contributed by atoms with Gasteiger partial charge in [-0.25, -0.2) is 0 Å². The third kappa shape index (κ3) is 4.75. The fraction of sp³-hybridized carbons (Fsp3) is 0.318. The van der Waals surface area contributed by atoms with E-state index >= 15 is 0 Å². The molecule has 11 heteroatoms. The van der Waals surface area contributed by atoms with E-state index in [4.69, 9.17) is 16.3 Å². The highest BCUT2D eigenvalue weighted by Crippen LogP contribution is 2.34. The summed E-state index contributed by atoms with van der Waals surface area (Å²) in [6.45, 7) is 1.42. The Balaban J connectivity index is 1.65. The van der Waals surface area contributed by atoms with Crippen LogP contribution in [0.3, 0.4) is 0 Å². The number of carboxylic acid groups (broad SMARTS) is 1. The summed E-state index contributed by atoms with van der Waals surface area (Å²) < 4.78 is 5.17. The molecule has 2 N–H and O–H groups in total. The average molecular weight is 472 g/mol. The molecule has 0 spiro atoms. The van der Waals surface area contributed by atoms with Gasteiger partial charge < -0.3 is 20.1 Å². The molecule has 1 saturated heterocycles. The summed E-state index contributed by atoms with van der Waals surface area (Å²) in [6, 6.07) is 9.96. The van der Waals surface area contributed by atoms with Crippen LogP contribution in [-0.2, 0) is 11.3 Å². The molecule has 33 heavy (non-hydrogen) atoms. The van der Waals surface area contributed by atoms with Gasteiger partial charge in [-0.3, -0.25) is 14.9 Å². The Hall–Kier alpha value is -3.66. The molecular weight excluding hydrogens is 450 g/mol. The lowest BCUT2D eigenvalue weighted by molar-refractivity contribution is -0.384. The Morgan fingerprint density at radius 2 is 2.00 bits per heavy atom. The molecular formula is C22H22ClN5O5. The monoisotopic (exact) mass is 471 g/mol. The summed E-state index contributed by atoms with van der Waals surface area (Å²) in [5.74, 6) is 0.391. The number of nitrogens with one attached hydrogen (secondary N) is 1. The van der Waals surface area contributed by atoms with E-state index < -0.39 is 10.9 Å². The lowest BCUT2D eigenvalue weighted by Crippen LogP contribution is -2.37. The number of nitrogens with zero attached hydrogens (tertiary/aromatic N) is 4. The number of benzene rings is 2. The molecule has 2 aromatic carbocycles. The maximum Gasteiger partial charge on any atom is 0.306 e. The summed E-state index contributed by atoms with van der Waals surface area (Å²) in [4.78, 5) is 24.2. The van der Waals surface area contributed by atoms with Crippen LogP contribution in [-0.4, -0.2) is 46.4 Å². The normalized spacial score (nSPS) is 14.3. The van der Waals surface area contributed by atoms with E-state index in [1.807, 2.05) is 11.0 Å². The Bertz CT molecular complexity index is 1210. The standard InChI is InChI=1S/C22H22ClN5O5/c1-33-19-5-2-13(10-18(19)23)12-24-20-17-11-15(28(31)32)3-4-16(17)21(26-25-20)27-8-6-14(7-9-27)22(29)30/h2-5,10-11,14H,6-9,12H2,1H3,(H,24,25)(H,29,30). The van der Waals surface area contributed by atoms with Gasteiger partial charge in [0.05, 0.1) is 23.0 Å². The van der Waals surface area contributed by atoms with Crippen LogP contribution in [0.1, 0.15) is 18.4 Å². The minimum Gasteiger partial charge on any atom is -0.495 e. The number of fused-ring (bicyclic) bond motifs is 1. The lowest BCUT2D eigenvalue weighted by Gasteiger charge is -2.31. The second kappa shape index (κ2) is 9.45. The highest BCUT2D eigenvalue weighted by atomic mass is 35.5. The zero-order valence-corrected chi connectivity index (χ0v) is 18.6. The highest BCUT2D eigenvalue weighted by Gasteiger charge is 2.27. The molecule has 4 rings (SSSR count). The van der Waals surface area contributed by atoms with Crippen molar-refractivity contribution in [2.45, 2.75) is 19.4 Å². The number of carboxylic acids is 1. The van der Waals surface area contributed by atoms with Crippen molar-refractivity contribution in [2.75, 3.05) is 30.4 Å². The predicted octanol–water partition coefficient (Wildman–Crippen LogP) is 4.11. The first kappa shape index (κ1) is 22.5. The summed E-state index contributed by atoms with van der Waals surface area (Å²) >= 11 is 6.20. The quantitative estimate of drug-likeness (QED) is 0.386. The predicted molar refractivity (Wildman–Crippen MR) is 124 cm³/mol. The number of nitro benzene ring substituents is 1. The number of piperidine rings is 1. The maximum atomic E-state index is 11.4. The van der Waals surface area contributed by atoms with E-state index in [9.17, 15) is 20.0 Å². The molecule has 0 amide bonds. The number of methoxy groups -OCH3 is 1. The van der Waals surface area contributed by atoms with Gasteiger partial charge in [-0.15, -0.1) is 10.2 Å². The van der Waals surface area contributed by atoms with Crippen molar-refractivity contribution in [3.63, 3.8) is 0 Å². The van der Waals surface area contributed by atoms with E-state index in [1.165, 1.54) is 12.1 Å². The fourth-order valence-electron chi connectivity index (χ4n) is 3.95. The Morgan fingerprint density at radius 1 is 1.24 bits per heavy atom. The number of rotatable bonds is 7. The number of hydrogen-bond acceptors (Lipinski definition) is 8. The van der Waals surface area contributed by atoms with E-state index in [2.05, 4.69) is 15.5 Å². The van der Waals surface area contributed by atoms with Crippen molar-refractivity contribution in [3.8, 4) is 5.75 Å². The molecule has 2 heterocycles. The summed E-state index contributed by atoms with van der Waals surface area (Å²) in [6.07, 6.45) is 1.01. The first-order chi connectivity index (χ1) is 15.9. The number of aromatic nitrogens is 2. The number of halogens is 1. The molecule has 0 bridgehead atoms. The summed E-state index contributed by atoms with van der Waals surface area (Å²) in [5, 5.41) is 34.3. The van der Waals surface area contributed by atoms with Gasteiger partial charge in [0, 0.05) is 42.5 Å². The molecule has 1 fully saturated rings. The second-order valence-corrected chi connectivity index (χ2v) is 8.19. The third-order valence-corrected chi connectivity index (χ3v) is 6.07. The van der Waals surface area contributed by atoms with E-state index in [0.29, 0.717) is 65.7 Å². The molecule has 0 saturated carbocycles. The molecule has 0 unspecified atom stereocenters. The van der Waals surface area contributed by atoms with Gasteiger partial charge in [-0.2, -0.15) is 0 Å². The Morgan fingerprint density at radius 3 is 2.64 bits per heavy atom. The average Bonchev–Trinajstić information content (AvgIpc) is 2.82. The van der Waals surface area contributed by atoms with Gasteiger partial charge in [-0.1, -0.05) is 17.7 Å². The number of non-ortho nitro benzene ring substituents is 1. The number of anilines is 2. The number of aliphatic carboxylic acids is 1. The Labute approximate surface area is 194 Å². The minimum absolute atomic E-state index is 0.0541. The molecule has 172 valence electrons. The molecule has 0 aliphatic carbocycles. The van der Waals surface area contributed by atoms with E-state index in [-0.39, 0.29) is 11.6 Å². The lowest BCUT2D eigenvalue weighted by atomic mass is 9.97. The fourth-order valence-corrected chi connectivity index (χ4v) is 4.23. The summed E-state index contributed by atoms with van der Waals surface area (Å²) in [7, 11) is 1.54. The smallest absolute Gasteiger partial charge is 0.306 e. The molecule has 1 aliphatic heterocycles. The molecule has 1 aliphatic rings. The van der Waals surface area contributed by atoms with Crippen molar-refractivity contribution in [3.05, 3.63) is 57.1 Å². The van der Waals surface area contributed by atoms with Crippen LogP contribution in [0.5, 0.6) is 5.75 Å². The first-order valence-corrected chi connectivity index (χ1v) is 10.7. The number of carbonyl (C=O) groups is 1. The van der Waals surface area contributed by atoms with Gasteiger partial charge >= 0.3 is 5.97 Å². The van der Waals surface area contributed by atoms with Crippen molar-refractivity contribution < 1.29 is 19.6 Å². The van der Waals surface area contributed by atoms with Crippen LogP contribution in [0.15, 0.2) is 36.4 Å². The SMILES string of the molecule is COc1ccc(CNc2nnc(N3CCC(C(=O)O)CC3)c3ccc([N+](=O)[O-])cc23)cc1Cl. The van der Waals surface area contributed by atoms with Gasteiger partial charge in [0.2, 0.25) is 0 Å². The molecule has 3 aromatic rings. The zero-order chi connectivity index (χ0) is 23.5. The van der Waals surface area contributed by atoms with Crippen LogP contribution in [0.2, 0.25) is 5.02 Å². The molecule has 10 nitrogen and oxygen atoms in total. The summed E-state index contributed by atoms with van der Waals surface area (Å²) in [5.41, 5.74) is 0.822. The highest BCUT2D eigenvalue weighted by molar-refractivity contribution is 6.32. The number of ether oxygens (including phenoxy) is 1. The van der Waals surface area contributed by atoms with Crippen LogP contribution >= 0.6 is 11.6 Å². The Kier molecular flexibility index (Phi) is 6.45. The van der Waals surface area contributed by atoms with Crippen molar-refractivity contribution in [1.29, 1.82) is 0 Å². The van der Waals surface area contributed by atoms with Gasteiger partial charge in [0.15, 0.2) is 11.6 Å². The maximum absolute atomic E-state index is 11.4. The molecule has 0 radical (unpaired) electrons. The van der Waals surface area contributed by atoms with Crippen LogP contribution in [0.4, 0.5) is 17.3 Å². The van der Waals surface area contributed by atoms with Crippen molar-refractivity contribution in [1.82, 2.24) is 10.2 Å². The van der Waals surface area contributed by atoms with Gasteiger partial charge in [-0.05, 0) is 36.6 Å². The topological polar surface area (TPSA) is 131 Å². The number of nitro groups is 1. The third-order valence-electron chi connectivity index (χ3n) is 5.77. The van der Waals surface area contributed by atoms with Gasteiger partial charge in [0.1, 0.15) is 5.75 Å². The minimum atomic E-state index is -0.792. The van der Waals surface area contributed by atoms with Crippen LogP contribution in [0.25, 0.3) is 10.8 Å². The van der Waals surface area contributed by atoms with Crippen LogP contribution < -0.4 is 15.0 Å². The van der Waals surface area contributed by atoms with E-state index in [1.54, 1.807) is 25.3 Å². The first-order valence-electron chi connectivity index (χ1n) is 10.4. The zero-order valence-electron chi connectivity index (χ0n) is 17.8.